The van der Waals surface area contributed by atoms with Gasteiger partial charge in [0.1, 0.15) is 29.4 Å². The first-order valence-corrected chi connectivity index (χ1v) is 20.2. The van der Waals surface area contributed by atoms with Crippen LogP contribution in [-0.4, -0.2) is 69.7 Å². The molecule has 2 N–H and O–H groups in total. The van der Waals surface area contributed by atoms with Gasteiger partial charge in [-0.3, -0.25) is 14.7 Å². The molecule has 2 amide bonds. The van der Waals surface area contributed by atoms with E-state index in [1.807, 2.05) is 115 Å². The summed E-state index contributed by atoms with van der Waals surface area (Å²) in [4.78, 5) is 42.1. The van der Waals surface area contributed by atoms with E-state index in [4.69, 9.17) is 23.7 Å². The molecule has 3 atom stereocenters. The second-order valence-electron chi connectivity index (χ2n) is 14.9. The first kappa shape index (κ1) is 41.6. The maximum Gasteiger partial charge on any atom is 0.425 e. The van der Waals surface area contributed by atoms with Crippen LogP contribution in [0.25, 0.3) is 11.2 Å². The number of nitrogens with one attached hydrogen (secondary N) is 1. The van der Waals surface area contributed by atoms with Gasteiger partial charge in [-0.2, -0.15) is 9.97 Å². The summed E-state index contributed by atoms with van der Waals surface area (Å²) in [5.74, 6) is 0.354. The van der Waals surface area contributed by atoms with Crippen molar-refractivity contribution in [3.05, 3.63) is 163 Å². The molecule has 14 heteroatoms. The van der Waals surface area contributed by atoms with Gasteiger partial charge in [0.15, 0.2) is 11.2 Å². The predicted molar refractivity (Wildman–Crippen MR) is 233 cm³/mol. The lowest BCUT2D eigenvalue weighted by molar-refractivity contribution is -0.118. The highest BCUT2D eigenvalue weighted by Crippen LogP contribution is 2.43. The first-order chi connectivity index (χ1) is 30.2. The second-order valence-corrected chi connectivity index (χ2v) is 14.9. The molecule has 0 spiro atoms. The van der Waals surface area contributed by atoms with Crippen LogP contribution in [0, 0.1) is 5.92 Å². The van der Waals surface area contributed by atoms with Gasteiger partial charge in [0.2, 0.25) is 11.9 Å². The van der Waals surface area contributed by atoms with Gasteiger partial charge in [-0.05, 0) is 65.2 Å². The average molecular weight is 835 g/mol. The van der Waals surface area contributed by atoms with Crippen LogP contribution in [0.5, 0.6) is 17.4 Å². The van der Waals surface area contributed by atoms with Crippen molar-refractivity contribution in [1.29, 1.82) is 0 Å². The van der Waals surface area contributed by atoms with E-state index in [1.165, 1.54) is 11.2 Å². The Kier molecular flexibility index (Phi) is 12.2. The number of aliphatic hydroxyl groups excluding tert-OH is 1. The SMILES string of the molecule is COc1ccc(C(OC[C@@H]2O[C@H](n3cnc4c(OC(=O)N(c5ccccc5)c5ccccc5)nc(NC(=O)C(C)C)nc43)C[C@H]2O)(c2ccccc2)c2ccc(OC)cc2)cc1. The highest BCUT2D eigenvalue weighted by atomic mass is 16.6. The van der Waals surface area contributed by atoms with Gasteiger partial charge in [-0.15, -0.1) is 0 Å². The van der Waals surface area contributed by atoms with Gasteiger partial charge < -0.3 is 28.8 Å². The van der Waals surface area contributed by atoms with E-state index in [9.17, 15) is 14.7 Å². The third-order valence-electron chi connectivity index (χ3n) is 10.7. The lowest BCUT2D eigenvalue weighted by atomic mass is 9.80. The number of para-hydroxylation sites is 2. The van der Waals surface area contributed by atoms with Crippen LogP contribution in [-0.2, 0) is 19.9 Å². The van der Waals surface area contributed by atoms with Crippen LogP contribution in [0.1, 0.15) is 43.2 Å². The zero-order chi connectivity index (χ0) is 43.2. The van der Waals surface area contributed by atoms with Crippen LogP contribution >= 0.6 is 0 Å². The Labute approximate surface area is 358 Å². The molecule has 7 aromatic rings. The first-order valence-electron chi connectivity index (χ1n) is 20.2. The Bertz CT molecular complexity index is 2520. The maximum atomic E-state index is 14.1. The maximum absolute atomic E-state index is 14.1. The van der Waals surface area contributed by atoms with Crippen molar-refractivity contribution in [1.82, 2.24) is 19.5 Å². The molecule has 1 saturated heterocycles. The largest absolute Gasteiger partial charge is 0.497 e. The number of rotatable bonds is 14. The normalized spacial score (nSPS) is 16.3. The fourth-order valence-corrected chi connectivity index (χ4v) is 7.44. The van der Waals surface area contributed by atoms with E-state index in [-0.39, 0.29) is 41.9 Å². The number of benzene rings is 5. The molecule has 5 aromatic carbocycles. The number of hydrogen-bond acceptors (Lipinski definition) is 11. The molecule has 1 fully saturated rings. The molecule has 3 heterocycles. The molecule has 2 aromatic heterocycles. The van der Waals surface area contributed by atoms with Crippen molar-refractivity contribution in [2.45, 2.75) is 44.3 Å². The lowest BCUT2D eigenvalue weighted by Crippen LogP contribution is -2.38. The predicted octanol–water partition coefficient (Wildman–Crippen LogP) is 8.43. The van der Waals surface area contributed by atoms with E-state index in [0.29, 0.717) is 22.9 Å². The van der Waals surface area contributed by atoms with Crippen molar-refractivity contribution in [2.24, 2.45) is 5.92 Å². The summed E-state index contributed by atoms with van der Waals surface area (Å²) in [6.07, 6.45) is -1.69. The fraction of sp³-hybridized carbons (Fsp3) is 0.229. The number of amides is 2. The van der Waals surface area contributed by atoms with Crippen LogP contribution in [0.4, 0.5) is 22.1 Å². The van der Waals surface area contributed by atoms with E-state index in [0.717, 1.165) is 16.7 Å². The Morgan fingerprint density at radius 2 is 1.32 bits per heavy atom. The van der Waals surface area contributed by atoms with Crippen molar-refractivity contribution in [3.8, 4) is 17.4 Å². The summed E-state index contributed by atoms with van der Waals surface area (Å²) in [7, 11) is 3.23. The summed E-state index contributed by atoms with van der Waals surface area (Å²) < 4.78 is 32.3. The average Bonchev–Trinajstić information content (AvgIpc) is 3.91. The number of hydrogen-bond donors (Lipinski definition) is 2. The Morgan fingerprint density at radius 3 is 1.85 bits per heavy atom. The van der Waals surface area contributed by atoms with E-state index in [2.05, 4.69) is 20.3 Å². The zero-order valence-corrected chi connectivity index (χ0v) is 34.6. The molecule has 8 rings (SSSR count). The minimum atomic E-state index is -1.15. The highest BCUT2D eigenvalue weighted by molar-refractivity contribution is 5.98. The molecule has 0 unspecified atom stereocenters. The molecule has 0 bridgehead atoms. The number of anilines is 3. The number of fused-ring (bicyclic) bond motifs is 1. The molecule has 0 saturated carbocycles. The molecule has 1 aliphatic heterocycles. The number of carbonyl (C=O) groups excluding carboxylic acids is 2. The molecular weight excluding hydrogens is 789 g/mol. The molecule has 0 aliphatic carbocycles. The van der Waals surface area contributed by atoms with Gasteiger partial charge in [0.25, 0.3) is 5.88 Å². The fourth-order valence-electron chi connectivity index (χ4n) is 7.44. The van der Waals surface area contributed by atoms with Crippen molar-refractivity contribution in [2.75, 3.05) is 31.0 Å². The lowest BCUT2D eigenvalue weighted by Gasteiger charge is -2.37. The van der Waals surface area contributed by atoms with E-state index in [1.54, 1.807) is 56.9 Å². The van der Waals surface area contributed by atoms with Crippen molar-refractivity contribution < 1.29 is 38.4 Å². The standard InChI is InChI=1S/C48H46N6O8/c1-31(2)44(56)51-46-50-43-42(45(52-46)62-47(57)54(35-16-10-6-11-17-35)36-18-12-7-13-19-36)49-30-53(43)41-28-39(55)40(61-41)29-60-48(32-14-8-5-9-15-32,33-20-24-37(58-3)25-21-33)34-22-26-38(59-4)27-23-34/h5-27,30-31,39-41,55H,28-29H2,1-4H3,(H,50,51,52,56)/t39-,40+,41+/m1/s1. The molecule has 1 aliphatic rings. The summed E-state index contributed by atoms with van der Waals surface area (Å²) in [6, 6.07) is 43.3. The monoisotopic (exact) mass is 834 g/mol. The topological polar surface area (TPSA) is 159 Å². The van der Waals surface area contributed by atoms with E-state index >= 15 is 0 Å². The summed E-state index contributed by atoms with van der Waals surface area (Å²) in [6.45, 7) is 3.45. The second kappa shape index (κ2) is 18.2. The highest BCUT2D eigenvalue weighted by Gasteiger charge is 2.42. The number of imidazole rings is 1. The molecular formula is C48H46N6O8. The molecule has 0 radical (unpaired) electrons. The summed E-state index contributed by atoms with van der Waals surface area (Å²) in [5.41, 5.74) is 2.83. The Hall–Kier alpha value is -7.13. The zero-order valence-electron chi connectivity index (χ0n) is 34.6. The van der Waals surface area contributed by atoms with Gasteiger partial charge >= 0.3 is 6.09 Å². The molecule has 316 valence electrons. The number of aromatic nitrogens is 4. The molecule has 62 heavy (non-hydrogen) atoms. The van der Waals surface area contributed by atoms with Gasteiger partial charge in [-0.25, -0.2) is 14.7 Å². The van der Waals surface area contributed by atoms with Gasteiger partial charge in [0, 0.05) is 12.3 Å². The van der Waals surface area contributed by atoms with Gasteiger partial charge in [0.05, 0.1) is 44.6 Å². The number of nitrogens with zero attached hydrogens (tertiary/aromatic N) is 5. The third-order valence-corrected chi connectivity index (χ3v) is 10.7. The van der Waals surface area contributed by atoms with E-state index < -0.39 is 36.0 Å². The van der Waals surface area contributed by atoms with Gasteiger partial charge in [-0.1, -0.05) is 105 Å². The number of methoxy groups -OCH3 is 2. The minimum Gasteiger partial charge on any atom is -0.497 e. The smallest absolute Gasteiger partial charge is 0.425 e. The summed E-state index contributed by atoms with van der Waals surface area (Å²) >= 11 is 0. The van der Waals surface area contributed by atoms with Crippen LogP contribution < -0.4 is 24.4 Å². The van der Waals surface area contributed by atoms with Crippen LogP contribution in [0.3, 0.4) is 0 Å². The Morgan fingerprint density at radius 1 is 0.790 bits per heavy atom. The molecule has 14 nitrogen and oxygen atoms in total. The minimum absolute atomic E-state index is 0.0282. The van der Waals surface area contributed by atoms with Crippen molar-refractivity contribution >= 4 is 40.5 Å². The van der Waals surface area contributed by atoms with Crippen LogP contribution in [0.15, 0.2) is 146 Å². The summed E-state index contributed by atoms with van der Waals surface area (Å²) in [5, 5.41) is 14.4. The Balaban J connectivity index is 1.13. The number of ether oxygens (including phenoxy) is 5. The third kappa shape index (κ3) is 8.43. The van der Waals surface area contributed by atoms with Crippen molar-refractivity contribution in [3.63, 3.8) is 0 Å². The quantitative estimate of drug-likeness (QED) is 0.101. The number of aliphatic hydroxyl groups is 1. The number of carbonyl (C=O) groups is 2. The van der Waals surface area contributed by atoms with Crippen LogP contribution in [0.2, 0.25) is 0 Å².